The predicted molar refractivity (Wildman–Crippen MR) is 69.0 cm³/mol. The highest BCUT2D eigenvalue weighted by molar-refractivity contribution is 14.1. The average molecular weight is 337 g/mol. The molecule has 0 aliphatic rings. The lowest BCUT2D eigenvalue weighted by molar-refractivity contribution is -0.151. The number of halogens is 1. The Morgan fingerprint density at radius 3 is 2.88 bits per heavy atom. The van der Waals surface area contributed by atoms with E-state index in [0.717, 1.165) is 3.57 Å². The number of nitrogens with zero attached hydrogens (tertiary/aromatic N) is 2. The summed E-state index contributed by atoms with van der Waals surface area (Å²) in [5.41, 5.74) is -0.745. The van der Waals surface area contributed by atoms with Crippen LogP contribution in [-0.4, -0.2) is 34.9 Å². The molecule has 5 nitrogen and oxygen atoms in total. The van der Waals surface area contributed by atoms with Gasteiger partial charge in [-0.25, -0.2) is 4.79 Å². The molecule has 1 unspecified atom stereocenters. The predicted octanol–water partition coefficient (Wildman–Crippen LogP) is 1.03. The Morgan fingerprint density at radius 1 is 1.75 bits per heavy atom. The molecule has 1 N–H and O–H groups in total. The lowest BCUT2D eigenvalue weighted by Gasteiger charge is -2.26. The molecular weight excluding hydrogens is 321 g/mol. The number of likely N-dealkylation sites (N-methyl/N-ethyl adjacent to an activating group) is 1. The first kappa shape index (κ1) is 13.4. The molecule has 1 heterocycles. The maximum absolute atomic E-state index is 11.8. The van der Waals surface area contributed by atoms with E-state index in [1.54, 1.807) is 31.8 Å². The molecule has 1 atom stereocenters. The molecule has 0 radical (unpaired) electrons. The number of ether oxygens (including phenoxy) is 1. The van der Waals surface area contributed by atoms with Crippen LogP contribution in [0.2, 0.25) is 0 Å². The molecule has 6 heteroatoms. The number of esters is 1. The molecule has 0 spiro atoms. The van der Waals surface area contributed by atoms with Crippen LogP contribution in [-0.2, 0) is 16.1 Å². The molecule has 0 saturated heterocycles. The Kier molecular flexibility index (Phi) is 4.72. The van der Waals surface area contributed by atoms with Gasteiger partial charge < -0.3 is 10.1 Å². The van der Waals surface area contributed by atoms with Gasteiger partial charge in [0, 0.05) is 6.20 Å². The summed E-state index contributed by atoms with van der Waals surface area (Å²) in [5.74, 6) is -0.261. The van der Waals surface area contributed by atoms with E-state index in [1.165, 1.54) is 0 Å². The Bertz CT molecular complexity index is 367. The van der Waals surface area contributed by atoms with E-state index in [9.17, 15) is 4.79 Å². The van der Waals surface area contributed by atoms with Crippen LogP contribution in [0.15, 0.2) is 12.4 Å². The highest BCUT2D eigenvalue weighted by atomic mass is 127. The van der Waals surface area contributed by atoms with Gasteiger partial charge in [0.25, 0.3) is 0 Å². The summed E-state index contributed by atoms with van der Waals surface area (Å²) < 4.78 is 7.81. The third kappa shape index (κ3) is 3.18. The zero-order valence-electron chi connectivity index (χ0n) is 9.66. The lowest BCUT2D eigenvalue weighted by atomic mass is 10.0. The second-order valence-electron chi connectivity index (χ2n) is 3.66. The average Bonchev–Trinajstić information content (AvgIpc) is 2.64. The summed E-state index contributed by atoms with van der Waals surface area (Å²) in [7, 11) is 1.74. The van der Waals surface area contributed by atoms with Gasteiger partial charge in [-0.05, 0) is 43.5 Å². The van der Waals surface area contributed by atoms with Crippen LogP contribution in [0.5, 0.6) is 0 Å². The van der Waals surface area contributed by atoms with Gasteiger partial charge in [-0.2, -0.15) is 5.10 Å². The van der Waals surface area contributed by atoms with Crippen molar-refractivity contribution in [3.8, 4) is 0 Å². The summed E-state index contributed by atoms with van der Waals surface area (Å²) in [6.07, 6.45) is 3.64. The number of aromatic nitrogens is 2. The maximum atomic E-state index is 11.8. The summed E-state index contributed by atoms with van der Waals surface area (Å²) in [6.45, 7) is 4.43. The van der Waals surface area contributed by atoms with Crippen LogP contribution in [0.25, 0.3) is 0 Å². The number of rotatable bonds is 5. The molecule has 1 aromatic rings. The van der Waals surface area contributed by atoms with Gasteiger partial charge in [-0.15, -0.1) is 0 Å². The van der Waals surface area contributed by atoms with Crippen molar-refractivity contribution < 1.29 is 9.53 Å². The Morgan fingerprint density at radius 2 is 2.44 bits per heavy atom. The van der Waals surface area contributed by atoms with Crippen LogP contribution in [0.1, 0.15) is 13.8 Å². The van der Waals surface area contributed by atoms with Crippen LogP contribution >= 0.6 is 22.6 Å². The quantitative estimate of drug-likeness (QED) is 0.644. The smallest absolute Gasteiger partial charge is 0.327 e. The normalized spacial score (nSPS) is 14.5. The van der Waals surface area contributed by atoms with Crippen LogP contribution in [0.3, 0.4) is 0 Å². The van der Waals surface area contributed by atoms with Gasteiger partial charge >= 0.3 is 5.97 Å². The number of carbonyl (C=O) groups is 1. The molecule has 0 bridgehead atoms. The zero-order valence-corrected chi connectivity index (χ0v) is 11.8. The van der Waals surface area contributed by atoms with E-state index < -0.39 is 5.54 Å². The highest BCUT2D eigenvalue weighted by Crippen LogP contribution is 2.11. The molecule has 0 saturated carbocycles. The van der Waals surface area contributed by atoms with Crippen molar-refractivity contribution >= 4 is 28.6 Å². The van der Waals surface area contributed by atoms with Crippen molar-refractivity contribution in [3.63, 3.8) is 0 Å². The number of nitrogens with one attached hydrogen (secondary N) is 1. The number of hydrogen-bond acceptors (Lipinski definition) is 4. The van der Waals surface area contributed by atoms with Crippen LogP contribution in [0, 0.1) is 3.57 Å². The third-order valence-electron chi connectivity index (χ3n) is 2.36. The molecule has 0 aliphatic carbocycles. The topological polar surface area (TPSA) is 56.2 Å². The monoisotopic (exact) mass is 337 g/mol. The molecular formula is C10H16IN3O2. The van der Waals surface area contributed by atoms with Gasteiger partial charge in [-0.1, -0.05) is 0 Å². The minimum atomic E-state index is -0.745. The van der Waals surface area contributed by atoms with E-state index >= 15 is 0 Å². The van der Waals surface area contributed by atoms with E-state index in [2.05, 4.69) is 33.0 Å². The van der Waals surface area contributed by atoms with Gasteiger partial charge in [0.15, 0.2) is 0 Å². The molecule has 16 heavy (non-hydrogen) atoms. The Balaban J connectivity index is 2.77. The molecule has 90 valence electrons. The summed E-state index contributed by atoms with van der Waals surface area (Å²) in [5, 5.41) is 7.14. The summed E-state index contributed by atoms with van der Waals surface area (Å²) in [4.78, 5) is 11.8. The van der Waals surface area contributed by atoms with Crippen LogP contribution < -0.4 is 5.32 Å². The van der Waals surface area contributed by atoms with Gasteiger partial charge in [0.1, 0.15) is 5.54 Å². The van der Waals surface area contributed by atoms with Crippen molar-refractivity contribution in [1.82, 2.24) is 15.1 Å². The fourth-order valence-corrected chi connectivity index (χ4v) is 1.73. The molecule has 0 aliphatic heterocycles. The zero-order chi connectivity index (χ0) is 12.2. The first-order valence-corrected chi connectivity index (χ1v) is 6.14. The molecule has 0 aromatic carbocycles. The van der Waals surface area contributed by atoms with E-state index in [1.807, 2.05) is 6.20 Å². The first-order chi connectivity index (χ1) is 7.51. The van der Waals surface area contributed by atoms with E-state index in [4.69, 9.17) is 4.74 Å². The number of hydrogen-bond donors (Lipinski definition) is 1. The maximum Gasteiger partial charge on any atom is 0.327 e. The second-order valence-corrected chi connectivity index (χ2v) is 4.90. The van der Waals surface area contributed by atoms with Gasteiger partial charge in [0.2, 0.25) is 0 Å². The Hall–Kier alpha value is -0.630. The minimum Gasteiger partial charge on any atom is -0.465 e. The van der Waals surface area contributed by atoms with Crippen molar-refractivity contribution in [2.45, 2.75) is 25.9 Å². The summed E-state index contributed by atoms with van der Waals surface area (Å²) >= 11 is 2.18. The molecule has 0 fully saturated rings. The van der Waals surface area contributed by atoms with E-state index in [0.29, 0.717) is 13.2 Å². The Labute approximate surface area is 109 Å². The van der Waals surface area contributed by atoms with Crippen LogP contribution in [0.4, 0.5) is 0 Å². The largest absolute Gasteiger partial charge is 0.465 e. The van der Waals surface area contributed by atoms with Crippen molar-refractivity contribution in [2.75, 3.05) is 13.7 Å². The molecule has 1 aromatic heterocycles. The minimum absolute atomic E-state index is 0.261. The van der Waals surface area contributed by atoms with Gasteiger partial charge in [0.05, 0.1) is 22.9 Å². The molecule has 1 rings (SSSR count). The second kappa shape index (κ2) is 5.62. The van der Waals surface area contributed by atoms with Crippen molar-refractivity contribution in [1.29, 1.82) is 0 Å². The fourth-order valence-electron chi connectivity index (χ4n) is 1.28. The SMILES string of the molecule is CCOC(=O)C(C)(Cn1cc(I)cn1)NC. The highest BCUT2D eigenvalue weighted by Gasteiger charge is 2.33. The van der Waals surface area contributed by atoms with E-state index in [-0.39, 0.29) is 5.97 Å². The van der Waals surface area contributed by atoms with Crippen molar-refractivity contribution in [2.24, 2.45) is 0 Å². The third-order valence-corrected chi connectivity index (χ3v) is 2.91. The van der Waals surface area contributed by atoms with Crippen molar-refractivity contribution in [3.05, 3.63) is 16.0 Å². The van der Waals surface area contributed by atoms with Gasteiger partial charge in [-0.3, -0.25) is 4.68 Å². The molecule has 0 amide bonds. The first-order valence-electron chi connectivity index (χ1n) is 5.06. The standard InChI is InChI=1S/C10H16IN3O2/c1-4-16-9(15)10(2,12-3)7-14-6-8(11)5-13-14/h5-6,12H,4,7H2,1-3H3. The summed E-state index contributed by atoms with van der Waals surface area (Å²) in [6, 6.07) is 0. The fraction of sp³-hybridized carbons (Fsp3) is 0.600. The number of carbonyl (C=O) groups excluding carboxylic acids is 1. The lowest BCUT2D eigenvalue weighted by Crippen LogP contribution is -2.51.